The molecular weight excluding hydrogens is 234 g/mol. The maximum atomic E-state index is 4.21. The topological polar surface area (TPSA) is 37.0 Å². The second-order valence-electron chi connectivity index (χ2n) is 7.18. The highest BCUT2D eigenvalue weighted by Crippen LogP contribution is 2.28. The van der Waals surface area contributed by atoms with Crippen LogP contribution in [0.4, 0.5) is 0 Å². The van der Waals surface area contributed by atoms with Crippen LogP contribution in [0.15, 0.2) is 18.5 Å². The summed E-state index contributed by atoms with van der Waals surface area (Å²) >= 11 is 0. The molecule has 3 heteroatoms. The Morgan fingerprint density at radius 3 is 2.47 bits per heavy atom. The predicted octanol–water partition coefficient (Wildman–Crippen LogP) is 2.79. The summed E-state index contributed by atoms with van der Waals surface area (Å²) in [5.41, 5.74) is 3.01. The number of piperidine rings is 1. The number of hydrogen-bond acceptors (Lipinski definition) is 3. The fourth-order valence-corrected chi connectivity index (χ4v) is 3.40. The van der Waals surface area contributed by atoms with E-state index in [0.29, 0.717) is 6.04 Å². The molecule has 0 aromatic carbocycles. The van der Waals surface area contributed by atoms with Crippen molar-refractivity contribution < 1.29 is 0 Å². The number of aromatic nitrogens is 1. The molecule has 1 aromatic rings. The zero-order valence-corrected chi connectivity index (χ0v) is 12.9. The highest BCUT2D eigenvalue weighted by Gasteiger charge is 2.37. The van der Waals surface area contributed by atoms with Crippen molar-refractivity contribution in [2.45, 2.75) is 71.1 Å². The van der Waals surface area contributed by atoms with Gasteiger partial charge in [0, 0.05) is 36.1 Å². The second-order valence-corrected chi connectivity index (χ2v) is 7.18. The smallest absolute Gasteiger partial charge is 0.0315 e. The van der Waals surface area contributed by atoms with Gasteiger partial charge in [-0.3, -0.25) is 4.98 Å². The molecule has 0 aliphatic carbocycles. The SMILES string of the molecule is Cc1ccncc1CNC1CC(C)(C)NC(C)(C)C1. The fraction of sp³-hybridized carbons (Fsp3) is 0.688. The van der Waals surface area contributed by atoms with Crippen LogP contribution in [-0.4, -0.2) is 22.1 Å². The van der Waals surface area contributed by atoms with Gasteiger partial charge in [-0.1, -0.05) is 0 Å². The lowest BCUT2D eigenvalue weighted by molar-refractivity contribution is 0.145. The van der Waals surface area contributed by atoms with Crippen LogP contribution in [0.25, 0.3) is 0 Å². The molecule has 1 aliphatic heterocycles. The van der Waals surface area contributed by atoms with Gasteiger partial charge in [0.15, 0.2) is 0 Å². The Balaban J connectivity index is 1.98. The van der Waals surface area contributed by atoms with Gasteiger partial charge in [-0.2, -0.15) is 0 Å². The van der Waals surface area contributed by atoms with E-state index in [0.717, 1.165) is 19.4 Å². The quantitative estimate of drug-likeness (QED) is 0.878. The molecule has 0 spiro atoms. The normalized spacial score (nSPS) is 22.4. The lowest BCUT2D eigenvalue weighted by atomic mass is 9.79. The summed E-state index contributed by atoms with van der Waals surface area (Å²) in [5, 5.41) is 7.43. The van der Waals surface area contributed by atoms with E-state index >= 15 is 0 Å². The van der Waals surface area contributed by atoms with Gasteiger partial charge in [0.25, 0.3) is 0 Å². The minimum atomic E-state index is 0.198. The Kier molecular flexibility index (Phi) is 3.98. The van der Waals surface area contributed by atoms with Crippen molar-refractivity contribution in [2.24, 2.45) is 0 Å². The van der Waals surface area contributed by atoms with Gasteiger partial charge in [0.2, 0.25) is 0 Å². The Labute approximate surface area is 117 Å². The summed E-state index contributed by atoms with van der Waals surface area (Å²) in [5.74, 6) is 0. The highest BCUT2D eigenvalue weighted by molar-refractivity contribution is 5.21. The van der Waals surface area contributed by atoms with E-state index in [1.165, 1.54) is 11.1 Å². The third kappa shape index (κ3) is 4.02. The van der Waals surface area contributed by atoms with Crippen molar-refractivity contribution in [1.29, 1.82) is 0 Å². The second kappa shape index (κ2) is 5.22. The first-order valence-electron chi connectivity index (χ1n) is 7.20. The molecule has 2 N–H and O–H groups in total. The molecule has 0 radical (unpaired) electrons. The van der Waals surface area contributed by atoms with Gasteiger partial charge < -0.3 is 10.6 Å². The van der Waals surface area contributed by atoms with Crippen molar-refractivity contribution in [3.8, 4) is 0 Å². The van der Waals surface area contributed by atoms with Crippen LogP contribution in [0.1, 0.15) is 51.7 Å². The molecule has 1 aromatic heterocycles. The summed E-state index contributed by atoms with van der Waals surface area (Å²) in [6.45, 7) is 12.2. The van der Waals surface area contributed by atoms with Crippen LogP contribution in [0, 0.1) is 6.92 Å². The number of pyridine rings is 1. The van der Waals surface area contributed by atoms with E-state index in [9.17, 15) is 0 Å². The minimum Gasteiger partial charge on any atom is -0.310 e. The van der Waals surface area contributed by atoms with Crippen molar-refractivity contribution in [3.63, 3.8) is 0 Å². The van der Waals surface area contributed by atoms with Crippen LogP contribution in [0.5, 0.6) is 0 Å². The van der Waals surface area contributed by atoms with Crippen LogP contribution in [-0.2, 0) is 6.54 Å². The summed E-state index contributed by atoms with van der Waals surface area (Å²) in [4.78, 5) is 4.21. The molecule has 1 saturated heterocycles. The van der Waals surface area contributed by atoms with Crippen molar-refractivity contribution in [1.82, 2.24) is 15.6 Å². The maximum Gasteiger partial charge on any atom is 0.0315 e. The van der Waals surface area contributed by atoms with E-state index in [1.54, 1.807) is 0 Å². The number of rotatable bonds is 3. The van der Waals surface area contributed by atoms with E-state index in [-0.39, 0.29) is 11.1 Å². The summed E-state index contributed by atoms with van der Waals surface area (Å²) in [7, 11) is 0. The summed E-state index contributed by atoms with van der Waals surface area (Å²) < 4.78 is 0. The van der Waals surface area contributed by atoms with Crippen LogP contribution >= 0.6 is 0 Å². The van der Waals surface area contributed by atoms with Gasteiger partial charge in [0.05, 0.1) is 0 Å². The fourth-order valence-electron chi connectivity index (χ4n) is 3.40. The van der Waals surface area contributed by atoms with Crippen LogP contribution in [0.2, 0.25) is 0 Å². The Morgan fingerprint density at radius 2 is 1.89 bits per heavy atom. The minimum absolute atomic E-state index is 0.198. The molecule has 2 rings (SSSR count). The molecule has 1 fully saturated rings. The molecule has 2 heterocycles. The standard InChI is InChI=1S/C16H27N3/c1-12-6-7-17-10-13(12)11-18-14-8-15(2,3)19-16(4,5)9-14/h6-7,10,14,18-19H,8-9,11H2,1-5H3. The number of aryl methyl sites for hydroxylation is 1. The third-order valence-electron chi connectivity index (χ3n) is 3.92. The lowest BCUT2D eigenvalue weighted by Crippen LogP contribution is -2.61. The van der Waals surface area contributed by atoms with Gasteiger partial charge in [0.1, 0.15) is 0 Å². The first kappa shape index (κ1) is 14.5. The van der Waals surface area contributed by atoms with Crippen LogP contribution in [0.3, 0.4) is 0 Å². The van der Waals surface area contributed by atoms with Crippen molar-refractivity contribution in [3.05, 3.63) is 29.6 Å². The molecule has 3 nitrogen and oxygen atoms in total. The molecule has 0 bridgehead atoms. The number of nitrogens with zero attached hydrogens (tertiary/aromatic N) is 1. The van der Waals surface area contributed by atoms with Gasteiger partial charge in [-0.15, -0.1) is 0 Å². The Hall–Kier alpha value is -0.930. The third-order valence-corrected chi connectivity index (χ3v) is 3.92. The maximum absolute atomic E-state index is 4.21. The average Bonchev–Trinajstić information content (AvgIpc) is 2.23. The summed E-state index contributed by atoms with van der Waals surface area (Å²) in [6, 6.07) is 2.64. The molecule has 19 heavy (non-hydrogen) atoms. The number of nitrogens with one attached hydrogen (secondary N) is 2. The molecule has 0 amide bonds. The molecule has 1 aliphatic rings. The summed E-state index contributed by atoms with van der Waals surface area (Å²) in [6.07, 6.45) is 6.15. The molecular formula is C16H27N3. The zero-order chi connectivity index (χ0) is 14.1. The lowest BCUT2D eigenvalue weighted by Gasteiger charge is -2.46. The van der Waals surface area contributed by atoms with Crippen molar-refractivity contribution in [2.75, 3.05) is 0 Å². The number of hydrogen-bond donors (Lipinski definition) is 2. The average molecular weight is 261 g/mol. The highest BCUT2D eigenvalue weighted by atomic mass is 15.1. The van der Waals surface area contributed by atoms with E-state index in [4.69, 9.17) is 0 Å². The Morgan fingerprint density at radius 1 is 1.26 bits per heavy atom. The van der Waals surface area contributed by atoms with Gasteiger partial charge >= 0.3 is 0 Å². The largest absolute Gasteiger partial charge is 0.310 e. The van der Waals surface area contributed by atoms with E-state index in [2.05, 4.69) is 56.3 Å². The van der Waals surface area contributed by atoms with E-state index in [1.807, 2.05) is 12.4 Å². The predicted molar refractivity (Wildman–Crippen MR) is 80.1 cm³/mol. The molecule has 0 saturated carbocycles. The Bertz CT molecular complexity index is 421. The van der Waals surface area contributed by atoms with Gasteiger partial charge in [-0.05, 0) is 64.7 Å². The monoisotopic (exact) mass is 261 g/mol. The van der Waals surface area contributed by atoms with E-state index < -0.39 is 0 Å². The van der Waals surface area contributed by atoms with Crippen LogP contribution < -0.4 is 10.6 Å². The van der Waals surface area contributed by atoms with Gasteiger partial charge in [-0.25, -0.2) is 0 Å². The first-order chi connectivity index (χ1) is 8.77. The molecule has 0 unspecified atom stereocenters. The molecule has 106 valence electrons. The zero-order valence-electron chi connectivity index (χ0n) is 12.9. The van der Waals surface area contributed by atoms with Crippen molar-refractivity contribution >= 4 is 0 Å². The molecule has 0 atom stereocenters. The first-order valence-corrected chi connectivity index (χ1v) is 7.20.